The number of benzene rings is 21. The first kappa shape index (κ1) is 81.5. The van der Waals surface area contributed by atoms with Crippen LogP contribution in [0.3, 0.4) is 0 Å². The molecule has 662 valence electrons. The minimum Gasteiger partial charge on any atom is -0.455 e. The quantitative estimate of drug-likeness (QED) is 0.140. The van der Waals surface area contributed by atoms with Crippen molar-refractivity contribution < 1.29 is 8.83 Å². The van der Waals surface area contributed by atoms with Crippen molar-refractivity contribution in [2.24, 2.45) is 0 Å². The maximum atomic E-state index is 10.6. The van der Waals surface area contributed by atoms with Crippen LogP contribution in [0.5, 0.6) is 0 Å². The third-order valence-corrected chi connectivity index (χ3v) is 30.2. The number of nitrogens with zero attached hydrogens (tertiary/aromatic N) is 10. The molecule has 0 bridgehead atoms. The van der Waals surface area contributed by atoms with Crippen LogP contribution < -0.4 is 0 Å². The van der Waals surface area contributed by atoms with E-state index < -0.39 is 0 Å². The molecule has 30 aromatic rings. The predicted molar refractivity (Wildman–Crippen MR) is 588 cm³/mol. The number of hydrogen-bond acceptors (Lipinski definition) is 7. The van der Waals surface area contributed by atoms with Gasteiger partial charge >= 0.3 is 0 Å². The van der Waals surface area contributed by atoms with Gasteiger partial charge in [-0.05, 0) is 193 Å². The highest BCUT2D eigenvalue weighted by molar-refractivity contribution is 7.27. The normalized spacial score (nSPS) is 11.7. The van der Waals surface area contributed by atoms with Crippen LogP contribution in [-0.2, 0) is 0 Å². The van der Waals surface area contributed by atoms with Crippen LogP contribution >= 0.6 is 11.3 Å². The fraction of sp³-hybridized carbons (Fsp3) is 0. The van der Waals surface area contributed by atoms with Crippen molar-refractivity contribution in [2.75, 3.05) is 0 Å². The van der Waals surface area contributed by atoms with Crippen LogP contribution in [0.25, 0.3) is 262 Å². The lowest BCUT2D eigenvalue weighted by atomic mass is 9.96. The molecule has 0 radical (unpaired) electrons. The summed E-state index contributed by atoms with van der Waals surface area (Å²) in [5.41, 5.74) is 31.2. The monoisotopic (exact) mass is 1840 g/mol. The summed E-state index contributed by atoms with van der Waals surface area (Å²) in [5, 5.41) is 61.4. The zero-order chi connectivity index (χ0) is 94.8. The molecule has 0 saturated heterocycles. The first-order valence-electron chi connectivity index (χ1n) is 47.7. The Labute approximate surface area is 820 Å². The highest BCUT2D eigenvalue weighted by Gasteiger charge is 2.29. The molecule has 0 unspecified atom stereocenters. The first-order chi connectivity index (χ1) is 70.8. The van der Waals surface area contributed by atoms with Gasteiger partial charge in [0.1, 0.15) is 28.4 Å². The molecule has 0 atom stereocenters. The Balaban J connectivity index is 0.000000105. The number of rotatable bonds is 9. The molecule has 0 saturated carbocycles. The van der Waals surface area contributed by atoms with Gasteiger partial charge in [-0.25, -0.2) is 0 Å². The Bertz CT molecular complexity index is 10700. The summed E-state index contributed by atoms with van der Waals surface area (Å²) in [6, 6.07) is 166. The molecular weight excluding hydrogens is 1770 g/mol. The summed E-state index contributed by atoms with van der Waals surface area (Å²) in [6.45, 7) is 0. The fourth-order valence-electron chi connectivity index (χ4n) is 22.9. The van der Waals surface area contributed by atoms with E-state index in [1.54, 1.807) is 0 Å². The second kappa shape index (κ2) is 32.4. The topological polar surface area (TPSA) is 151 Å². The Morgan fingerprint density at radius 1 is 0.203 bits per heavy atom. The summed E-state index contributed by atoms with van der Waals surface area (Å²) in [6.07, 6.45) is 0. The maximum absolute atomic E-state index is 10.6. The van der Waals surface area contributed by atoms with Crippen molar-refractivity contribution in [3.63, 3.8) is 0 Å². The van der Waals surface area contributed by atoms with E-state index in [1.165, 1.54) is 63.5 Å². The second-order valence-corrected chi connectivity index (χ2v) is 37.4. The highest BCUT2D eigenvalue weighted by atomic mass is 32.1. The van der Waals surface area contributed by atoms with Gasteiger partial charge in [-0.1, -0.05) is 267 Å². The molecule has 12 nitrogen and oxygen atoms in total. The highest BCUT2D eigenvalue weighted by Crippen LogP contribution is 2.52. The molecule has 0 aliphatic rings. The Kier molecular flexibility index (Phi) is 18.5. The van der Waals surface area contributed by atoms with Crippen LogP contribution in [0.2, 0.25) is 0 Å². The van der Waals surface area contributed by atoms with E-state index in [0.29, 0.717) is 22.3 Å². The SMILES string of the molecule is N#Cc1ccc(-n2c3ccccc3c3ccccc32)c(-c2ccc3c4c5oc6ccccc6c5ccc4n(-c4ccccc4)c3c2)c1.N#Cc1ccc2c(c1)c1ccccc1n2-c1c(C#N)cccc1-c1cccc2c1sc1c2ccc2c1c1ccccc1n2-c1ccccc1.N#Cc1cccc(-n2c3ccccc3c3ccccc32)c1-c1ccc2c3c4oc5ccccc5c4ccc3n(-c3ccccc3)c2c1. The number of hydrogen-bond donors (Lipinski definition) is 0. The molecule has 0 amide bonds. The molecule has 13 heteroatoms. The van der Waals surface area contributed by atoms with Gasteiger partial charge in [0.05, 0.1) is 134 Å². The molecule has 9 heterocycles. The molecule has 9 aromatic heterocycles. The minimum atomic E-state index is 0.593. The molecule has 143 heavy (non-hydrogen) atoms. The van der Waals surface area contributed by atoms with Crippen molar-refractivity contribution in [3.8, 4) is 91.8 Å². The van der Waals surface area contributed by atoms with Crippen LogP contribution in [0.4, 0.5) is 0 Å². The van der Waals surface area contributed by atoms with E-state index in [1.807, 2.05) is 114 Å². The smallest absolute Gasteiger partial charge is 0.145 e. The van der Waals surface area contributed by atoms with E-state index >= 15 is 0 Å². The van der Waals surface area contributed by atoms with Crippen molar-refractivity contribution >= 4 is 206 Å². The largest absolute Gasteiger partial charge is 0.455 e. The molecule has 0 N–H and O–H groups in total. The molecular formula is C130H74N10O2S. The number of nitriles is 4. The zero-order valence-corrected chi connectivity index (χ0v) is 77.2. The van der Waals surface area contributed by atoms with E-state index in [9.17, 15) is 21.0 Å². The van der Waals surface area contributed by atoms with Gasteiger partial charge in [0.15, 0.2) is 0 Å². The van der Waals surface area contributed by atoms with Crippen molar-refractivity contribution in [1.29, 1.82) is 21.0 Å². The summed E-state index contributed by atoms with van der Waals surface area (Å²) >= 11 is 1.83. The molecule has 0 fully saturated rings. The van der Waals surface area contributed by atoms with E-state index in [0.717, 1.165) is 199 Å². The van der Waals surface area contributed by atoms with E-state index in [-0.39, 0.29) is 0 Å². The number of thiophene rings is 1. The lowest BCUT2D eigenvalue weighted by Crippen LogP contribution is -2.01. The van der Waals surface area contributed by atoms with E-state index in [4.69, 9.17) is 8.83 Å². The van der Waals surface area contributed by atoms with Crippen LogP contribution in [0, 0.1) is 45.3 Å². The van der Waals surface area contributed by atoms with Gasteiger partial charge in [0.25, 0.3) is 0 Å². The van der Waals surface area contributed by atoms with Crippen LogP contribution in [-0.4, -0.2) is 27.4 Å². The van der Waals surface area contributed by atoms with Gasteiger partial charge < -0.3 is 36.2 Å². The van der Waals surface area contributed by atoms with Gasteiger partial charge in [-0.2, -0.15) is 21.0 Å². The molecule has 0 aliphatic heterocycles. The van der Waals surface area contributed by atoms with Crippen LogP contribution in [0.15, 0.2) is 458 Å². The van der Waals surface area contributed by atoms with Crippen molar-refractivity contribution in [2.45, 2.75) is 0 Å². The molecule has 0 spiro atoms. The van der Waals surface area contributed by atoms with Crippen molar-refractivity contribution in [1.82, 2.24) is 27.4 Å². The zero-order valence-electron chi connectivity index (χ0n) is 76.4. The lowest BCUT2D eigenvalue weighted by Gasteiger charge is -2.16. The van der Waals surface area contributed by atoms with Gasteiger partial charge in [0.2, 0.25) is 0 Å². The predicted octanol–water partition coefficient (Wildman–Crippen LogP) is 34.3. The summed E-state index contributed by atoms with van der Waals surface area (Å²) < 4.78 is 29.4. The number of fused-ring (bicyclic) bond motifs is 30. The van der Waals surface area contributed by atoms with Crippen molar-refractivity contribution in [3.05, 3.63) is 471 Å². The molecule has 21 aromatic carbocycles. The Hall–Kier alpha value is -19.8. The summed E-state index contributed by atoms with van der Waals surface area (Å²) in [7, 11) is 0. The Morgan fingerprint density at radius 3 is 1.11 bits per heavy atom. The summed E-state index contributed by atoms with van der Waals surface area (Å²) in [5.74, 6) is 0. The van der Waals surface area contributed by atoms with Crippen LogP contribution in [0.1, 0.15) is 22.3 Å². The molecule has 30 rings (SSSR count). The fourth-order valence-corrected chi connectivity index (χ4v) is 24.3. The van der Waals surface area contributed by atoms with E-state index in [2.05, 4.69) is 397 Å². The maximum Gasteiger partial charge on any atom is 0.145 e. The molecule has 0 aliphatic carbocycles. The number of furan rings is 2. The number of para-hydroxylation sites is 12. The third-order valence-electron chi connectivity index (χ3n) is 28.9. The summed E-state index contributed by atoms with van der Waals surface area (Å²) in [4.78, 5) is 0. The minimum absolute atomic E-state index is 0.593. The van der Waals surface area contributed by atoms with Gasteiger partial charge in [-0.3, -0.25) is 0 Å². The average Bonchev–Trinajstić information content (AvgIpc) is 1.56. The standard InChI is InChI=1S/C44H24N4S.2C43H25N3O/c45-25-27-20-22-39-36(24-27)30-13-4-6-18-37(30)48(39)42-28(26-46)10-8-15-31(42)32-16-9-17-33-34-21-23-40-41(44(34)49-43(32)33)35-14-5-7-19-38(35)47(40)29-11-2-1-3-12-29;44-26-28-11-10-19-37(46-35-17-7-4-14-30(35)31-15-5-8-18-36(31)46)41(28)27-21-22-34-39(25-27)45(29-12-2-1-3-13-29)38-24-23-33-32-16-6-9-20-40(32)47-43(33)42(34)38;44-26-27-18-22-38(46-36-15-7-4-12-30(36)31-13-5-8-16-37(31)46)35(24-27)28-19-20-34-40(25-28)45(29-10-2-1-3-11-29)39-23-21-33-32-14-6-9-17-41(32)47-43(33)42(34)39/h1-24H;2*1-25H. The average molecular weight is 1840 g/mol. The second-order valence-electron chi connectivity index (χ2n) is 36.4. The number of aromatic nitrogens is 6. The third kappa shape index (κ3) is 12.4. The lowest BCUT2D eigenvalue weighted by molar-refractivity contribution is 0.672. The van der Waals surface area contributed by atoms with Gasteiger partial charge in [0, 0.05) is 135 Å². The first-order valence-corrected chi connectivity index (χ1v) is 48.5. The van der Waals surface area contributed by atoms with Gasteiger partial charge in [-0.15, -0.1) is 11.3 Å². The Morgan fingerprint density at radius 2 is 0.573 bits per heavy atom.